The van der Waals surface area contributed by atoms with Gasteiger partial charge in [0.05, 0.1) is 5.56 Å². The second-order valence-electron chi connectivity index (χ2n) is 5.05. The van der Waals surface area contributed by atoms with E-state index in [4.69, 9.17) is 0 Å². The molecule has 0 N–H and O–H groups in total. The maximum atomic E-state index is 12.6. The molecule has 4 heteroatoms. The summed E-state index contributed by atoms with van der Waals surface area (Å²) in [5.41, 5.74) is 0.667. The maximum Gasteiger partial charge on any atom is 0.256 e. The monoisotopic (exact) mass is 340 g/mol. The fourth-order valence-electron chi connectivity index (χ4n) is 2.14. The summed E-state index contributed by atoms with van der Waals surface area (Å²) in [6, 6.07) is 3.65. The van der Waals surface area contributed by atoms with Crippen LogP contribution in [0.15, 0.2) is 22.9 Å². The second kappa shape index (κ2) is 9.92. The molecule has 0 atom stereocenters. The highest BCUT2D eigenvalue weighted by molar-refractivity contribution is 9.10. The average molecular weight is 341 g/mol. The van der Waals surface area contributed by atoms with Gasteiger partial charge in [0.25, 0.3) is 5.91 Å². The van der Waals surface area contributed by atoms with Gasteiger partial charge in [0.1, 0.15) is 4.60 Å². The van der Waals surface area contributed by atoms with Gasteiger partial charge in [-0.05, 0) is 40.9 Å². The molecule has 1 heterocycles. The van der Waals surface area contributed by atoms with Gasteiger partial charge in [-0.2, -0.15) is 0 Å². The first-order chi connectivity index (χ1) is 9.70. The van der Waals surface area contributed by atoms with Crippen molar-refractivity contribution in [2.45, 2.75) is 52.4 Å². The Kier molecular flexibility index (Phi) is 8.51. The molecule has 1 aromatic rings. The van der Waals surface area contributed by atoms with Crippen LogP contribution in [0.1, 0.15) is 62.7 Å². The van der Waals surface area contributed by atoms with Gasteiger partial charge in [0.15, 0.2) is 0 Å². The fourth-order valence-corrected chi connectivity index (χ4v) is 2.56. The SMILES string of the molecule is CCCCCN(CCCCC)C(=O)c1cccnc1Br. The van der Waals surface area contributed by atoms with Gasteiger partial charge in [-0.3, -0.25) is 4.79 Å². The lowest BCUT2D eigenvalue weighted by molar-refractivity contribution is 0.0748. The normalized spacial score (nSPS) is 10.6. The molecule has 0 aromatic carbocycles. The Morgan fingerprint density at radius 3 is 2.25 bits per heavy atom. The Morgan fingerprint density at radius 2 is 1.75 bits per heavy atom. The molecule has 112 valence electrons. The number of hydrogen-bond donors (Lipinski definition) is 0. The number of nitrogens with zero attached hydrogens (tertiary/aromatic N) is 2. The maximum absolute atomic E-state index is 12.6. The summed E-state index contributed by atoms with van der Waals surface area (Å²) >= 11 is 3.37. The van der Waals surface area contributed by atoms with Crippen molar-refractivity contribution >= 4 is 21.8 Å². The molecule has 0 saturated heterocycles. The number of halogens is 1. The number of hydrogen-bond acceptors (Lipinski definition) is 2. The third-order valence-corrected chi connectivity index (χ3v) is 3.97. The van der Waals surface area contributed by atoms with Gasteiger partial charge in [-0.15, -0.1) is 0 Å². The number of amides is 1. The van der Waals surface area contributed by atoms with Crippen molar-refractivity contribution in [3.8, 4) is 0 Å². The molecule has 20 heavy (non-hydrogen) atoms. The number of rotatable bonds is 9. The molecule has 0 aliphatic heterocycles. The van der Waals surface area contributed by atoms with Crippen LogP contribution in [0.2, 0.25) is 0 Å². The van der Waals surface area contributed by atoms with Crippen molar-refractivity contribution < 1.29 is 4.79 Å². The van der Waals surface area contributed by atoms with Crippen LogP contribution in [0.5, 0.6) is 0 Å². The van der Waals surface area contributed by atoms with Crippen molar-refractivity contribution in [1.82, 2.24) is 9.88 Å². The molecule has 1 aromatic heterocycles. The Morgan fingerprint density at radius 1 is 1.15 bits per heavy atom. The van der Waals surface area contributed by atoms with Gasteiger partial charge >= 0.3 is 0 Å². The van der Waals surface area contributed by atoms with Crippen molar-refractivity contribution in [3.63, 3.8) is 0 Å². The summed E-state index contributed by atoms with van der Waals surface area (Å²) in [6.45, 7) is 6.05. The van der Waals surface area contributed by atoms with Crippen LogP contribution < -0.4 is 0 Å². The number of carbonyl (C=O) groups is 1. The first-order valence-electron chi connectivity index (χ1n) is 7.60. The lowest BCUT2D eigenvalue weighted by Gasteiger charge is -2.23. The van der Waals surface area contributed by atoms with Crippen LogP contribution >= 0.6 is 15.9 Å². The fraction of sp³-hybridized carbons (Fsp3) is 0.625. The van der Waals surface area contributed by atoms with Gasteiger partial charge in [-0.25, -0.2) is 4.98 Å². The lowest BCUT2D eigenvalue weighted by Crippen LogP contribution is -2.33. The van der Waals surface area contributed by atoms with Crippen molar-refractivity contribution in [2.24, 2.45) is 0 Å². The van der Waals surface area contributed by atoms with E-state index in [0.717, 1.165) is 25.9 Å². The molecular formula is C16H25BrN2O. The van der Waals surface area contributed by atoms with Crippen LogP contribution in [0.4, 0.5) is 0 Å². The third-order valence-electron chi connectivity index (χ3n) is 3.34. The quantitative estimate of drug-likeness (QED) is 0.483. The standard InChI is InChI=1S/C16H25BrN2O/c1-3-5-7-12-19(13-8-6-4-2)16(20)14-10-9-11-18-15(14)17/h9-11H,3-8,12-13H2,1-2H3. The zero-order valence-electron chi connectivity index (χ0n) is 12.6. The minimum Gasteiger partial charge on any atom is -0.339 e. The molecule has 1 rings (SSSR count). The number of aromatic nitrogens is 1. The lowest BCUT2D eigenvalue weighted by atomic mass is 10.2. The van der Waals surface area contributed by atoms with Gasteiger partial charge in [0.2, 0.25) is 0 Å². The van der Waals surface area contributed by atoms with Crippen LogP contribution in [-0.2, 0) is 0 Å². The molecule has 0 aliphatic rings. The summed E-state index contributed by atoms with van der Waals surface area (Å²) in [7, 11) is 0. The van der Waals surface area contributed by atoms with Crippen molar-refractivity contribution in [2.75, 3.05) is 13.1 Å². The predicted octanol–water partition coefficient (Wildman–Crippen LogP) is 4.67. The Balaban J connectivity index is 2.69. The molecular weight excluding hydrogens is 316 g/mol. The Labute approximate surface area is 130 Å². The number of carbonyl (C=O) groups excluding carboxylic acids is 1. The first kappa shape index (κ1) is 17.2. The van der Waals surface area contributed by atoms with Crippen LogP contribution in [0.3, 0.4) is 0 Å². The largest absolute Gasteiger partial charge is 0.339 e. The van der Waals surface area contributed by atoms with Gasteiger partial charge in [-0.1, -0.05) is 39.5 Å². The van der Waals surface area contributed by atoms with Crippen LogP contribution in [-0.4, -0.2) is 28.9 Å². The molecule has 0 spiro atoms. The van der Waals surface area contributed by atoms with E-state index in [1.807, 2.05) is 17.0 Å². The summed E-state index contributed by atoms with van der Waals surface area (Å²) in [4.78, 5) is 18.7. The van der Waals surface area contributed by atoms with E-state index >= 15 is 0 Å². The van der Waals surface area contributed by atoms with Crippen molar-refractivity contribution in [1.29, 1.82) is 0 Å². The molecule has 0 saturated carbocycles. The van der Waals surface area contributed by atoms with E-state index in [1.54, 1.807) is 6.20 Å². The molecule has 1 amide bonds. The molecule has 0 aliphatic carbocycles. The van der Waals surface area contributed by atoms with Crippen LogP contribution in [0.25, 0.3) is 0 Å². The van der Waals surface area contributed by atoms with Crippen LogP contribution in [0, 0.1) is 0 Å². The Hall–Kier alpha value is -0.900. The molecule has 3 nitrogen and oxygen atoms in total. The first-order valence-corrected chi connectivity index (χ1v) is 8.39. The van der Waals surface area contributed by atoms with E-state index in [0.29, 0.717) is 10.2 Å². The predicted molar refractivity (Wildman–Crippen MR) is 86.9 cm³/mol. The molecule has 0 unspecified atom stereocenters. The molecule has 0 radical (unpaired) electrons. The highest BCUT2D eigenvalue weighted by Gasteiger charge is 2.17. The summed E-state index contributed by atoms with van der Waals surface area (Å²) < 4.78 is 0.640. The minimum atomic E-state index is 0.0946. The highest BCUT2D eigenvalue weighted by atomic mass is 79.9. The van der Waals surface area contributed by atoms with E-state index in [1.165, 1.54) is 25.7 Å². The summed E-state index contributed by atoms with van der Waals surface area (Å²) in [5.74, 6) is 0.0946. The minimum absolute atomic E-state index is 0.0946. The molecule has 0 bridgehead atoms. The zero-order chi connectivity index (χ0) is 14.8. The average Bonchev–Trinajstić information content (AvgIpc) is 2.46. The zero-order valence-corrected chi connectivity index (χ0v) is 14.2. The Bertz CT molecular complexity index is 399. The third kappa shape index (κ3) is 5.61. The summed E-state index contributed by atoms with van der Waals surface area (Å²) in [5, 5.41) is 0. The van der Waals surface area contributed by atoms with E-state index in [-0.39, 0.29) is 5.91 Å². The van der Waals surface area contributed by atoms with Gasteiger partial charge in [0, 0.05) is 19.3 Å². The summed E-state index contributed by atoms with van der Waals surface area (Å²) in [6.07, 6.45) is 8.54. The van der Waals surface area contributed by atoms with E-state index < -0.39 is 0 Å². The number of pyridine rings is 1. The van der Waals surface area contributed by atoms with E-state index in [9.17, 15) is 4.79 Å². The smallest absolute Gasteiger partial charge is 0.256 e. The molecule has 0 fully saturated rings. The van der Waals surface area contributed by atoms with Gasteiger partial charge < -0.3 is 4.90 Å². The van der Waals surface area contributed by atoms with Crippen molar-refractivity contribution in [3.05, 3.63) is 28.5 Å². The van der Waals surface area contributed by atoms with E-state index in [2.05, 4.69) is 34.8 Å². The number of unbranched alkanes of at least 4 members (excludes halogenated alkanes) is 4. The second-order valence-corrected chi connectivity index (χ2v) is 5.80. The topological polar surface area (TPSA) is 33.2 Å². The highest BCUT2D eigenvalue weighted by Crippen LogP contribution is 2.16.